The average Bonchev–Trinajstić information content (AvgIpc) is 3.05. The highest BCUT2D eigenvalue weighted by atomic mass is 16.5. The van der Waals surface area contributed by atoms with E-state index in [0.717, 1.165) is 31.5 Å². The maximum Gasteiger partial charge on any atom is 0.328 e. The van der Waals surface area contributed by atoms with E-state index in [9.17, 15) is 4.79 Å². The number of nitrogen functional groups attached to an aromatic ring is 1. The molecule has 0 aliphatic carbocycles. The van der Waals surface area contributed by atoms with Crippen molar-refractivity contribution in [2.24, 2.45) is 0 Å². The van der Waals surface area contributed by atoms with Crippen LogP contribution in [0.5, 0.6) is 11.9 Å². The summed E-state index contributed by atoms with van der Waals surface area (Å²) in [5.74, 6) is 0.717. The number of unbranched alkanes of at least 4 members (excludes halogenated alkanes) is 1. The number of fused-ring (bicyclic) bond motifs is 1. The summed E-state index contributed by atoms with van der Waals surface area (Å²) >= 11 is 0. The summed E-state index contributed by atoms with van der Waals surface area (Å²) in [6, 6.07) is 3.87. The quantitative estimate of drug-likeness (QED) is 0.385. The number of aromatic nitrogens is 5. The molecule has 0 spiro atoms. The van der Waals surface area contributed by atoms with Crippen LogP contribution in [0.1, 0.15) is 25.3 Å². The van der Waals surface area contributed by atoms with Crippen LogP contribution in [-0.4, -0.2) is 88.3 Å². The Hall–Kier alpha value is -3.18. The van der Waals surface area contributed by atoms with Gasteiger partial charge < -0.3 is 30.0 Å². The van der Waals surface area contributed by atoms with Crippen molar-refractivity contribution >= 4 is 17.0 Å². The Bertz CT molecular complexity index is 1080. The third kappa shape index (κ3) is 6.65. The van der Waals surface area contributed by atoms with E-state index in [1.165, 1.54) is 4.57 Å². The summed E-state index contributed by atoms with van der Waals surface area (Å²) in [6.45, 7) is 4.38. The van der Waals surface area contributed by atoms with Crippen LogP contribution in [0.2, 0.25) is 0 Å². The molecule has 0 saturated carbocycles. The van der Waals surface area contributed by atoms with Crippen molar-refractivity contribution in [3.8, 4) is 11.9 Å². The minimum atomic E-state index is -0.325. The minimum Gasteiger partial charge on any atom is -0.472 e. The van der Waals surface area contributed by atoms with Gasteiger partial charge >= 0.3 is 11.7 Å². The average molecular weight is 459 g/mol. The van der Waals surface area contributed by atoms with E-state index in [1.54, 1.807) is 6.20 Å². The van der Waals surface area contributed by atoms with Crippen LogP contribution >= 0.6 is 0 Å². The van der Waals surface area contributed by atoms with E-state index < -0.39 is 0 Å². The van der Waals surface area contributed by atoms with Gasteiger partial charge in [-0.3, -0.25) is 4.57 Å². The van der Waals surface area contributed by atoms with Crippen LogP contribution in [0.3, 0.4) is 0 Å². The van der Waals surface area contributed by atoms with Crippen molar-refractivity contribution < 1.29 is 9.47 Å². The molecule has 180 valence electrons. The molecule has 3 rings (SSSR count). The van der Waals surface area contributed by atoms with Gasteiger partial charge in [0.25, 0.3) is 0 Å². The monoisotopic (exact) mass is 458 g/mol. The fourth-order valence-electron chi connectivity index (χ4n) is 3.42. The number of aromatic amines is 1. The number of anilines is 1. The number of hydrogen-bond acceptors (Lipinski definition) is 9. The van der Waals surface area contributed by atoms with Crippen molar-refractivity contribution in [1.29, 1.82) is 0 Å². The Labute approximate surface area is 193 Å². The van der Waals surface area contributed by atoms with Gasteiger partial charge in [-0.2, -0.15) is 9.97 Å². The molecule has 3 aromatic heterocycles. The second kappa shape index (κ2) is 11.1. The highest BCUT2D eigenvalue weighted by Gasteiger charge is 2.16. The van der Waals surface area contributed by atoms with Gasteiger partial charge in [0.15, 0.2) is 11.5 Å². The van der Waals surface area contributed by atoms with E-state index in [0.29, 0.717) is 23.7 Å². The van der Waals surface area contributed by atoms with E-state index >= 15 is 0 Å². The highest BCUT2D eigenvalue weighted by molar-refractivity contribution is 5.81. The number of likely N-dealkylation sites (N-methyl/N-ethyl adjacent to an activating group) is 2. The summed E-state index contributed by atoms with van der Waals surface area (Å²) in [7, 11) is 8.05. The third-order valence-electron chi connectivity index (χ3n) is 4.92. The Balaban J connectivity index is 1.78. The number of nitrogens with two attached hydrogens (primary N) is 1. The number of nitrogens with one attached hydrogen (secondary N) is 1. The van der Waals surface area contributed by atoms with Crippen LogP contribution in [0, 0.1) is 0 Å². The minimum absolute atomic E-state index is 0.0182. The van der Waals surface area contributed by atoms with Gasteiger partial charge in [-0.15, -0.1) is 0 Å². The predicted octanol–water partition coefficient (Wildman–Crippen LogP) is 1.19. The first-order valence-electron chi connectivity index (χ1n) is 11.1. The van der Waals surface area contributed by atoms with Crippen LogP contribution in [0.4, 0.5) is 5.82 Å². The van der Waals surface area contributed by atoms with Gasteiger partial charge in [0, 0.05) is 25.4 Å². The predicted molar refractivity (Wildman–Crippen MR) is 128 cm³/mol. The Kier molecular flexibility index (Phi) is 8.23. The van der Waals surface area contributed by atoms with Crippen LogP contribution in [0.15, 0.2) is 23.1 Å². The molecule has 0 aromatic carbocycles. The van der Waals surface area contributed by atoms with Gasteiger partial charge in [-0.05, 0) is 40.2 Å². The van der Waals surface area contributed by atoms with Gasteiger partial charge in [0.1, 0.15) is 11.6 Å². The molecule has 0 bridgehead atoms. The maximum absolute atomic E-state index is 12.6. The number of pyridine rings is 1. The fourth-order valence-corrected chi connectivity index (χ4v) is 3.42. The third-order valence-corrected chi connectivity index (χ3v) is 4.92. The maximum atomic E-state index is 12.6. The summed E-state index contributed by atoms with van der Waals surface area (Å²) in [5, 5.41) is 0. The lowest BCUT2D eigenvalue weighted by Crippen LogP contribution is -2.38. The Morgan fingerprint density at radius 3 is 2.48 bits per heavy atom. The zero-order valence-corrected chi connectivity index (χ0v) is 20.0. The zero-order valence-electron chi connectivity index (χ0n) is 20.0. The molecule has 0 fully saturated rings. The molecule has 0 unspecified atom stereocenters. The first-order valence-corrected chi connectivity index (χ1v) is 11.1. The van der Waals surface area contributed by atoms with Crippen molar-refractivity contribution in [3.05, 3.63) is 34.4 Å². The topological polar surface area (TPSA) is 127 Å². The van der Waals surface area contributed by atoms with Crippen LogP contribution < -0.4 is 20.9 Å². The first-order chi connectivity index (χ1) is 15.8. The van der Waals surface area contributed by atoms with Gasteiger partial charge in [0.05, 0.1) is 13.2 Å². The normalized spacial score (nSPS) is 11.8. The smallest absolute Gasteiger partial charge is 0.328 e. The number of hydrogen-bond donors (Lipinski definition) is 2. The summed E-state index contributed by atoms with van der Waals surface area (Å²) in [5.41, 5.74) is 7.32. The Morgan fingerprint density at radius 1 is 1.15 bits per heavy atom. The zero-order chi connectivity index (χ0) is 24.0. The Morgan fingerprint density at radius 2 is 1.88 bits per heavy atom. The summed E-state index contributed by atoms with van der Waals surface area (Å²) in [4.78, 5) is 32.5. The molecule has 0 saturated heterocycles. The molecule has 0 aliphatic heterocycles. The van der Waals surface area contributed by atoms with E-state index in [1.807, 2.05) is 40.3 Å². The molecule has 11 heteroatoms. The number of nitrogens with zero attached hydrogens (tertiary/aromatic N) is 6. The number of imidazole rings is 1. The largest absolute Gasteiger partial charge is 0.472 e. The number of rotatable bonds is 12. The molecule has 0 radical (unpaired) electrons. The van der Waals surface area contributed by atoms with Crippen molar-refractivity contribution in [1.82, 2.24) is 34.3 Å². The molecule has 33 heavy (non-hydrogen) atoms. The van der Waals surface area contributed by atoms with Crippen molar-refractivity contribution in [3.63, 3.8) is 0 Å². The van der Waals surface area contributed by atoms with E-state index in [-0.39, 0.29) is 30.2 Å². The van der Waals surface area contributed by atoms with E-state index in [2.05, 4.69) is 36.7 Å². The van der Waals surface area contributed by atoms with Gasteiger partial charge in [-0.25, -0.2) is 9.78 Å². The SMILES string of the molecule is CCCCOc1nc(N)c2[nH]c(=O)n(Cc3ccc(OC(CN(C)C)CN(C)C)nc3)c2n1. The molecule has 3 aromatic rings. The van der Waals surface area contributed by atoms with Crippen LogP contribution in [0.25, 0.3) is 11.2 Å². The lowest BCUT2D eigenvalue weighted by molar-refractivity contribution is 0.123. The standard InChI is InChI=1S/C22H34N8O3/c1-6-7-10-32-21-26-19(23)18-20(27-21)30(22(31)25-18)12-15-8-9-17(24-11-15)33-16(13-28(2)3)14-29(4)5/h8-9,11,16H,6-7,10,12-14H2,1-5H3,(H,25,31)(H2,23,26,27). The lowest BCUT2D eigenvalue weighted by atomic mass is 10.2. The second-order valence-corrected chi connectivity index (χ2v) is 8.58. The molecule has 3 N–H and O–H groups in total. The number of H-pyrrole nitrogens is 1. The molecule has 11 nitrogen and oxygen atoms in total. The van der Waals surface area contributed by atoms with Gasteiger partial charge in [0.2, 0.25) is 5.88 Å². The van der Waals surface area contributed by atoms with Crippen molar-refractivity contribution in [2.75, 3.05) is 53.6 Å². The molecule has 0 atom stereocenters. The van der Waals surface area contributed by atoms with Crippen LogP contribution in [-0.2, 0) is 6.54 Å². The van der Waals surface area contributed by atoms with Gasteiger partial charge in [-0.1, -0.05) is 19.4 Å². The molecule has 0 aliphatic rings. The molecular weight excluding hydrogens is 424 g/mol. The second-order valence-electron chi connectivity index (χ2n) is 8.58. The lowest BCUT2D eigenvalue weighted by Gasteiger charge is -2.24. The number of ether oxygens (including phenoxy) is 2. The first kappa shape index (κ1) is 24.5. The molecule has 0 amide bonds. The molecule has 3 heterocycles. The van der Waals surface area contributed by atoms with Crippen molar-refractivity contribution in [2.45, 2.75) is 32.4 Å². The van der Waals surface area contributed by atoms with E-state index in [4.69, 9.17) is 15.2 Å². The molecular formula is C22H34N8O3. The summed E-state index contributed by atoms with van der Waals surface area (Å²) < 4.78 is 13.2. The highest BCUT2D eigenvalue weighted by Crippen LogP contribution is 2.19. The fraction of sp³-hybridized carbons (Fsp3) is 0.545. The summed E-state index contributed by atoms with van der Waals surface area (Å²) in [6.07, 6.45) is 3.55.